The summed E-state index contributed by atoms with van der Waals surface area (Å²) in [6, 6.07) is 14.1. The zero-order valence-electron chi connectivity index (χ0n) is 12.0. The van der Waals surface area contributed by atoms with Gasteiger partial charge in [0.1, 0.15) is 5.75 Å². The lowest BCUT2D eigenvalue weighted by Gasteiger charge is -2.05. The highest BCUT2D eigenvalue weighted by atomic mass is 35.5. The van der Waals surface area contributed by atoms with Crippen molar-refractivity contribution in [2.24, 2.45) is 5.16 Å². The second-order valence-corrected chi connectivity index (χ2v) is 4.77. The summed E-state index contributed by atoms with van der Waals surface area (Å²) in [7, 11) is 1.58. The van der Waals surface area contributed by atoms with E-state index >= 15 is 0 Å². The van der Waals surface area contributed by atoms with Crippen molar-refractivity contribution >= 4 is 29.4 Å². The van der Waals surface area contributed by atoms with Crippen molar-refractivity contribution in [2.45, 2.75) is 0 Å². The number of amides is 1. The topological polar surface area (TPSA) is 59.9 Å². The fraction of sp³-hybridized carbons (Fsp3) is 0.125. The van der Waals surface area contributed by atoms with Crippen LogP contribution in [0.3, 0.4) is 0 Å². The van der Waals surface area contributed by atoms with E-state index in [2.05, 4.69) is 10.5 Å². The summed E-state index contributed by atoms with van der Waals surface area (Å²) in [5.74, 6) is 0.431. The Morgan fingerprint density at radius 2 is 1.86 bits per heavy atom. The van der Waals surface area contributed by atoms with Crippen LogP contribution in [-0.4, -0.2) is 25.8 Å². The SMILES string of the molecule is COc1ccc(NC(=O)CO/N=C/c2ccc(Cl)cc2)cc1. The molecule has 114 valence electrons. The number of benzene rings is 2. The number of halogens is 1. The molecule has 0 saturated heterocycles. The molecular weight excluding hydrogens is 304 g/mol. The Balaban J connectivity index is 1.76. The maximum Gasteiger partial charge on any atom is 0.265 e. The van der Waals surface area contributed by atoms with Crippen LogP contribution >= 0.6 is 11.6 Å². The third-order valence-corrected chi connectivity index (χ3v) is 2.97. The van der Waals surface area contributed by atoms with E-state index in [-0.39, 0.29) is 12.5 Å². The number of carbonyl (C=O) groups excluding carboxylic acids is 1. The summed E-state index contributed by atoms with van der Waals surface area (Å²) in [6.07, 6.45) is 1.51. The van der Waals surface area contributed by atoms with Crippen LogP contribution in [0.4, 0.5) is 5.69 Å². The van der Waals surface area contributed by atoms with Gasteiger partial charge < -0.3 is 14.9 Å². The average molecular weight is 319 g/mol. The van der Waals surface area contributed by atoms with Gasteiger partial charge in [0.2, 0.25) is 0 Å². The molecule has 0 bridgehead atoms. The minimum atomic E-state index is -0.293. The van der Waals surface area contributed by atoms with Crippen molar-refractivity contribution in [1.82, 2.24) is 0 Å². The second kappa shape index (κ2) is 8.05. The van der Waals surface area contributed by atoms with Crippen molar-refractivity contribution in [2.75, 3.05) is 19.0 Å². The van der Waals surface area contributed by atoms with Gasteiger partial charge in [-0.1, -0.05) is 28.9 Å². The van der Waals surface area contributed by atoms with E-state index in [1.54, 1.807) is 55.6 Å². The van der Waals surface area contributed by atoms with Crippen molar-refractivity contribution in [3.63, 3.8) is 0 Å². The fourth-order valence-electron chi connectivity index (χ4n) is 1.61. The largest absolute Gasteiger partial charge is 0.497 e. The van der Waals surface area contributed by atoms with Gasteiger partial charge in [-0.25, -0.2) is 0 Å². The summed E-state index contributed by atoms with van der Waals surface area (Å²) in [4.78, 5) is 16.6. The molecule has 0 aliphatic carbocycles. The summed E-state index contributed by atoms with van der Waals surface area (Å²) in [5.41, 5.74) is 1.50. The Labute approximate surface area is 133 Å². The Bertz CT molecular complexity index is 639. The molecule has 0 atom stereocenters. The molecule has 0 unspecified atom stereocenters. The number of oxime groups is 1. The molecule has 0 fully saturated rings. The number of carbonyl (C=O) groups is 1. The highest BCUT2D eigenvalue weighted by molar-refractivity contribution is 6.30. The van der Waals surface area contributed by atoms with E-state index in [0.29, 0.717) is 10.7 Å². The Morgan fingerprint density at radius 1 is 1.18 bits per heavy atom. The summed E-state index contributed by atoms with van der Waals surface area (Å²) in [6.45, 7) is -0.171. The molecule has 2 rings (SSSR count). The van der Waals surface area contributed by atoms with Gasteiger partial charge in [0, 0.05) is 10.7 Å². The maximum atomic E-state index is 11.7. The minimum absolute atomic E-state index is 0.171. The van der Waals surface area contributed by atoms with Crippen LogP contribution in [0.5, 0.6) is 5.75 Å². The first-order valence-corrected chi connectivity index (χ1v) is 6.90. The van der Waals surface area contributed by atoms with E-state index in [1.807, 2.05) is 0 Å². The summed E-state index contributed by atoms with van der Waals surface area (Å²) < 4.78 is 5.04. The van der Waals surface area contributed by atoms with Gasteiger partial charge in [-0.2, -0.15) is 0 Å². The minimum Gasteiger partial charge on any atom is -0.497 e. The molecule has 6 heteroatoms. The molecule has 0 saturated carbocycles. The van der Waals surface area contributed by atoms with E-state index in [0.717, 1.165) is 11.3 Å². The second-order valence-electron chi connectivity index (χ2n) is 4.34. The van der Waals surface area contributed by atoms with E-state index < -0.39 is 0 Å². The molecular formula is C16H15ClN2O3. The molecule has 5 nitrogen and oxygen atoms in total. The number of nitrogens with zero attached hydrogens (tertiary/aromatic N) is 1. The number of hydrogen-bond donors (Lipinski definition) is 1. The first-order valence-electron chi connectivity index (χ1n) is 6.52. The zero-order chi connectivity index (χ0) is 15.8. The van der Waals surface area contributed by atoms with Gasteiger partial charge in [-0.05, 0) is 42.0 Å². The van der Waals surface area contributed by atoms with Crippen LogP contribution in [0, 0.1) is 0 Å². The lowest BCUT2D eigenvalue weighted by molar-refractivity contribution is -0.120. The molecule has 0 heterocycles. The lowest BCUT2D eigenvalue weighted by atomic mass is 10.2. The van der Waals surface area contributed by atoms with Crippen molar-refractivity contribution in [3.8, 4) is 5.75 Å². The molecule has 2 aromatic carbocycles. The van der Waals surface area contributed by atoms with E-state index in [9.17, 15) is 4.79 Å². The molecule has 0 aliphatic rings. The van der Waals surface area contributed by atoms with Crippen LogP contribution in [-0.2, 0) is 9.63 Å². The molecule has 0 aliphatic heterocycles. The van der Waals surface area contributed by atoms with Crippen LogP contribution in [0.25, 0.3) is 0 Å². The molecule has 22 heavy (non-hydrogen) atoms. The third-order valence-electron chi connectivity index (χ3n) is 2.72. The average Bonchev–Trinajstić information content (AvgIpc) is 2.54. The van der Waals surface area contributed by atoms with Crippen molar-refractivity contribution in [3.05, 3.63) is 59.1 Å². The Morgan fingerprint density at radius 3 is 2.50 bits per heavy atom. The number of rotatable bonds is 6. The van der Waals surface area contributed by atoms with Crippen LogP contribution in [0.2, 0.25) is 5.02 Å². The quantitative estimate of drug-likeness (QED) is 0.656. The molecule has 0 spiro atoms. The Hall–Kier alpha value is -2.53. The first-order chi connectivity index (χ1) is 10.7. The predicted octanol–water partition coefficient (Wildman–Crippen LogP) is 3.34. The van der Waals surface area contributed by atoms with Crippen LogP contribution in [0.1, 0.15) is 5.56 Å². The van der Waals surface area contributed by atoms with E-state index in [4.69, 9.17) is 21.2 Å². The van der Waals surface area contributed by atoms with Gasteiger partial charge in [-0.15, -0.1) is 0 Å². The zero-order valence-corrected chi connectivity index (χ0v) is 12.7. The van der Waals surface area contributed by atoms with Crippen LogP contribution in [0.15, 0.2) is 53.7 Å². The summed E-state index contributed by atoms with van der Waals surface area (Å²) >= 11 is 5.77. The fourth-order valence-corrected chi connectivity index (χ4v) is 1.74. The molecule has 0 aromatic heterocycles. The normalized spacial score (nSPS) is 10.5. The number of ether oxygens (including phenoxy) is 1. The van der Waals surface area contributed by atoms with Gasteiger partial charge in [-0.3, -0.25) is 4.79 Å². The van der Waals surface area contributed by atoms with E-state index in [1.165, 1.54) is 6.21 Å². The Kier molecular flexibility index (Phi) is 5.80. The van der Waals surface area contributed by atoms with Gasteiger partial charge in [0.15, 0.2) is 6.61 Å². The number of methoxy groups -OCH3 is 1. The summed E-state index contributed by atoms with van der Waals surface area (Å²) in [5, 5.41) is 7.07. The smallest absolute Gasteiger partial charge is 0.265 e. The highest BCUT2D eigenvalue weighted by Crippen LogP contribution is 2.14. The van der Waals surface area contributed by atoms with Gasteiger partial charge in [0.05, 0.1) is 13.3 Å². The monoisotopic (exact) mass is 318 g/mol. The number of hydrogen-bond acceptors (Lipinski definition) is 4. The predicted molar refractivity (Wildman–Crippen MR) is 86.6 cm³/mol. The van der Waals surface area contributed by atoms with Crippen molar-refractivity contribution in [1.29, 1.82) is 0 Å². The molecule has 2 aromatic rings. The number of anilines is 1. The van der Waals surface area contributed by atoms with Crippen molar-refractivity contribution < 1.29 is 14.4 Å². The first kappa shape index (κ1) is 15.9. The van der Waals surface area contributed by atoms with Gasteiger partial charge >= 0.3 is 0 Å². The third kappa shape index (κ3) is 5.10. The number of nitrogens with one attached hydrogen (secondary N) is 1. The van der Waals surface area contributed by atoms with Gasteiger partial charge in [0.25, 0.3) is 5.91 Å². The lowest BCUT2D eigenvalue weighted by Crippen LogP contribution is -2.16. The van der Waals surface area contributed by atoms with Crippen LogP contribution < -0.4 is 10.1 Å². The molecule has 1 N–H and O–H groups in total. The molecule has 1 amide bonds. The standard InChI is InChI=1S/C16H15ClN2O3/c1-21-15-8-6-14(7-9-15)19-16(20)11-22-18-10-12-2-4-13(17)5-3-12/h2-10H,11H2,1H3,(H,19,20)/b18-10+. The maximum absolute atomic E-state index is 11.7. The highest BCUT2D eigenvalue weighted by Gasteiger charge is 2.02. The molecule has 0 radical (unpaired) electrons.